The second-order valence-corrected chi connectivity index (χ2v) is 8.63. The van der Waals surface area contributed by atoms with Crippen LogP contribution >= 0.6 is 12.4 Å². The molecule has 152 valence electrons. The maximum Gasteiger partial charge on any atom is 0.253 e. The fourth-order valence-corrected chi connectivity index (χ4v) is 5.17. The van der Waals surface area contributed by atoms with Crippen molar-refractivity contribution in [3.63, 3.8) is 0 Å². The van der Waals surface area contributed by atoms with Crippen LogP contribution in [0.15, 0.2) is 54.6 Å². The predicted octanol–water partition coefficient (Wildman–Crippen LogP) is 4.46. The molecule has 1 spiro atoms. The highest BCUT2D eigenvalue weighted by molar-refractivity contribution is 5.94. The van der Waals surface area contributed by atoms with Gasteiger partial charge in [-0.25, -0.2) is 0 Å². The molecule has 1 aliphatic carbocycles. The molecule has 2 heterocycles. The number of allylic oxidation sites excluding steroid dienone is 1. The number of hydrogen-bond donors (Lipinski definition) is 1. The van der Waals surface area contributed by atoms with E-state index in [1.165, 1.54) is 23.1 Å². The van der Waals surface area contributed by atoms with Crippen LogP contribution in [0.5, 0.6) is 0 Å². The normalized spacial score (nSPS) is 21.8. The molecule has 29 heavy (non-hydrogen) atoms. The Morgan fingerprint density at radius 2 is 1.83 bits per heavy atom. The zero-order valence-corrected chi connectivity index (χ0v) is 17.6. The van der Waals surface area contributed by atoms with Crippen molar-refractivity contribution < 1.29 is 4.79 Å². The van der Waals surface area contributed by atoms with Crippen LogP contribution in [-0.4, -0.2) is 37.0 Å². The number of benzene rings is 2. The van der Waals surface area contributed by atoms with Gasteiger partial charge in [0.1, 0.15) is 0 Å². The second-order valence-electron chi connectivity index (χ2n) is 8.63. The van der Waals surface area contributed by atoms with Crippen LogP contribution in [0.2, 0.25) is 0 Å². The molecule has 0 saturated carbocycles. The first-order valence-electron chi connectivity index (χ1n) is 10.6. The van der Waals surface area contributed by atoms with E-state index in [0.717, 1.165) is 56.9 Å². The van der Waals surface area contributed by atoms with E-state index >= 15 is 0 Å². The maximum absolute atomic E-state index is 13.0. The van der Waals surface area contributed by atoms with Crippen molar-refractivity contribution in [1.29, 1.82) is 0 Å². The van der Waals surface area contributed by atoms with Gasteiger partial charge in [-0.15, -0.1) is 12.4 Å². The van der Waals surface area contributed by atoms with Gasteiger partial charge in [0.2, 0.25) is 0 Å². The smallest absolute Gasteiger partial charge is 0.253 e. The van der Waals surface area contributed by atoms with Crippen LogP contribution in [0, 0.1) is 5.92 Å². The third-order valence-corrected chi connectivity index (χ3v) is 6.91. The van der Waals surface area contributed by atoms with E-state index in [0.29, 0.717) is 0 Å². The number of hydrogen-bond acceptors (Lipinski definition) is 2. The van der Waals surface area contributed by atoms with E-state index in [1.807, 2.05) is 17.0 Å². The third-order valence-electron chi connectivity index (χ3n) is 6.91. The minimum absolute atomic E-state index is 0. The molecule has 0 aromatic heterocycles. The van der Waals surface area contributed by atoms with Crippen LogP contribution < -0.4 is 5.32 Å². The number of nitrogens with zero attached hydrogens (tertiary/aromatic N) is 1. The van der Waals surface area contributed by atoms with Crippen molar-refractivity contribution in [2.45, 2.75) is 31.1 Å². The van der Waals surface area contributed by atoms with E-state index in [-0.39, 0.29) is 23.7 Å². The van der Waals surface area contributed by atoms with Crippen LogP contribution in [0.1, 0.15) is 46.3 Å². The zero-order valence-electron chi connectivity index (χ0n) is 16.8. The first-order chi connectivity index (χ1) is 13.7. The molecule has 2 aromatic carbocycles. The Morgan fingerprint density at radius 1 is 1.07 bits per heavy atom. The third kappa shape index (κ3) is 3.86. The van der Waals surface area contributed by atoms with Crippen molar-refractivity contribution in [3.05, 3.63) is 76.9 Å². The van der Waals surface area contributed by atoms with E-state index in [2.05, 4.69) is 53.9 Å². The molecular weight excluding hydrogens is 380 g/mol. The van der Waals surface area contributed by atoms with Crippen molar-refractivity contribution in [2.75, 3.05) is 26.2 Å². The highest BCUT2D eigenvalue weighted by Crippen LogP contribution is 2.43. The first kappa shape index (κ1) is 20.2. The van der Waals surface area contributed by atoms with Gasteiger partial charge in [-0.05, 0) is 73.5 Å². The van der Waals surface area contributed by atoms with Gasteiger partial charge >= 0.3 is 0 Å². The number of halogens is 1. The molecule has 2 fully saturated rings. The number of amides is 1. The first-order valence-corrected chi connectivity index (χ1v) is 10.6. The molecular formula is C25H29ClN2O. The number of carbonyl (C=O) groups excluding carboxylic acids is 1. The van der Waals surface area contributed by atoms with E-state index in [4.69, 9.17) is 0 Å². The van der Waals surface area contributed by atoms with Gasteiger partial charge in [-0.1, -0.05) is 48.6 Å². The molecule has 0 radical (unpaired) electrons. The summed E-state index contributed by atoms with van der Waals surface area (Å²) in [5.74, 6) is 0.918. The molecule has 1 atom stereocenters. The van der Waals surface area contributed by atoms with Crippen LogP contribution in [0.3, 0.4) is 0 Å². The summed E-state index contributed by atoms with van der Waals surface area (Å²) in [6, 6.07) is 17.0. The highest BCUT2D eigenvalue weighted by Gasteiger charge is 2.38. The Kier molecular flexibility index (Phi) is 5.80. The van der Waals surface area contributed by atoms with Crippen molar-refractivity contribution >= 4 is 24.4 Å². The van der Waals surface area contributed by atoms with Crippen LogP contribution in [0.4, 0.5) is 0 Å². The van der Waals surface area contributed by atoms with Gasteiger partial charge < -0.3 is 10.2 Å². The molecule has 3 nitrogen and oxygen atoms in total. The molecule has 4 heteroatoms. The fraction of sp³-hybridized carbons (Fsp3) is 0.400. The topological polar surface area (TPSA) is 32.3 Å². The largest absolute Gasteiger partial charge is 0.339 e. The van der Waals surface area contributed by atoms with Gasteiger partial charge in [0.05, 0.1) is 0 Å². The van der Waals surface area contributed by atoms with Crippen molar-refractivity contribution in [3.8, 4) is 0 Å². The molecule has 1 unspecified atom stereocenters. The molecule has 2 saturated heterocycles. The zero-order chi connectivity index (χ0) is 19.0. The van der Waals surface area contributed by atoms with Crippen LogP contribution in [-0.2, 0) is 11.8 Å². The molecule has 1 N–H and O–H groups in total. The van der Waals surface area contributed by atoms with Crippen molar-refractivity contribution in [2.24, 2.45) is 5.92 Å². The molecule has 3 aliphatic rings. The van der Waals surface area contributed by atoms with Crippen LogP contribution in [0.25, 0.3) is 6.08 Å². The monoisotopic (exact) mass is 408 g/mol. The van der Waals surface area contributed by atoms with E-state index < -0.39 is 0 Å². The van der Waals surface area contributed by atoms with E-state index in [9.17, 15) is 4.79 Å². The summed E-state index contributed by atoms with van der Waals surface area (Å²) in [5.41, 5.74) is 5.08. The average molecular weight is 409 g/mol. The molecule has 0 bridgehead atoms. The summed E-state index contributed by atoms with van der Waals surface area (Å²) in [5, 5.41) is 3.43. The lowest BCUT2D eigenvalue weighted by Crippen LogP contribution is -2.44. The quantitative estimate of drug-likeness (QED) is 0.813. The Hall–Kier alpha value is -2.10. The Balaban J connectivity index is 0.00000205. The number of likely N-dealkylation sites (tertiary alicyclic amines) is 1. The molecule has 1 amide bonds. The lowest BCUT2D eigenvalue weighted by molar-refractivity contribution is 0.0690. The highest BCUT2D eigenvalue weighted by atomic mass is 35.5. The summed E-state index contributed by atoms with van der Waals surface area (Å²) in [7, 11) is 0. The van der Waals surface area contributed by atoms with E-state index in [1.54, 1.807) is 0 Å². The fourth-order valence-electron chi connectivity index (χ4n) is 5.17. The molecule has 2 aliphatic heterocycles. The number of rotatable bonds is 3. The van der Waals surface area contributed by atoms with Gasteiger partial charge in [0, 0.05) is 24.1 Å². The second kappa shape index (κ2) is 8.33. The summed E-state index contributed by atoms with van der Waals surface area (Å²) in [6.07, 6.45) is 9.02. The summed E-state index contributed by atoms with van der Waals surface area (Å²) in [4.78, 5) is 15.0. The average Bonchev–Trinajstić information content (AvgIpc) is 3.38. The molecule has 5 rings (SSSR count). The summed E-state index contributed by atoms with van der Waals surface area (Å²) < 4.78 is 0. The lowest BCUT2D eigenvalue weighted by atomic mass is 9.74. The number of fused-ring (bicyclic) bond motifs is 2. The van der Waals surface area contributed by atoms with Crippen molar-refractivity contribution in [1.82, 2.24) is 10.2 Å². The Labute approximate surface area is 179 Å². The summed E-state index contributed by atoms with van der Waals surface area (Å²) in [6.45, 7) is 3.91. The Morgan fingerprint density at radius 3 is 2.55 bits per heavy atom. The number of nitrogens with one attached hydrogen (secondary N) is 1. The molecule has 2 aromatic rings. The standard InChI is InChI=1S/C25H28N2O.ClH/c28-24(22-7-5-19(6-8-22)17-20-10-14-26-18-20)27-15-12-25(13-16-27)11-9-21-3-1-2-4-23(21)25;/h1-9,11,20,26H,10,12-18H2;1H. The van der Waals surface area contributed by atoms with Gasteiger partial charge in [-0.3, -0.25) is 4.79 Å². The lowest BCUT2D eigenvalue weighted by Gasteiger charge is -2.39. The predicted molar refractivity (Wildman–Crippen MR) is 121 cm³/mol. The summed E-state index contributed by atoms with van der Waals surface area (Å²) >= 11 is 0. The minimum Gasteiger partial charge on any atom is -0.339 e. The Bertz CT molecular complexity index is 891. The van der Waals surface area contributed by atoms with Gasteiger partial charge in [0.25, 0.3) is 5.91 Å². The SMILES string of the molecule is Cl.O=C(c1ccc(CC2CCNC2)cc1)N1CCC2(C=Cc3ccccc32)CC1. The van der Waals surface area contributed by atoms with Gasteiger partial charge in [0.15, 0.2) is 0 Å². The number of piperidine rings is 1. The van der Waals surface area contributed by atoms with Gasteiger partial charge in [-0.2, -0.15) is 0 Å². The maximum atomic E-state index is 13.0. The minimum atomic E-state index is 0. The number of carbonyl (C=O) groups is 1.